The Kier molecular flexibility index (Phi) is 5.72. The van der Waals surface area contributed by atoms with Crippen molar-refractivity contribution in [2.45, 2.75) is 33.2 Å². The van der Waals surface area contributed by atoms with E-state index in [2.05, 4.69) is 5.32 Å². The van der Waals surface area contributed by atoms with Crippen LogP contribution in [0.15, 0.2) is 36.0 Å². The van der Waals surface area contributed by atoms with Crippen molar-refractivity contribution >= 4 is 11.6 Å². The summed E-state index contributed by atoms with van der Waals surface area (Å²) in [5, 5.41) is 20.9. The Hall–Kier alpha value is -2.79. The van der Waals surface area contributed by atoms with Gasteiger partial charge in [-0.1, -0.05) is 12.1 Å². The second-order valence-electron chi connectivity index (χ2n) is 5.72. The van der Waals surface area contributed by atoms with Gasteiger partial charge in [0.1, 0.15) is 17.7 Å². The summed E-state index contributed by atoms with van der Waals surface area (Å²) in [4.78, 5) is 14.2. The van der Waals surface area contributed by atoms with E-state index in [0.717, 1.165) is 0 Å². The number of para-hydroxylation sites is 1. The molecule has 0 radical (unpaired) electrons. The van der Waals surface area contributed by atoms with E-state index in [1.54, 1.807) is 30.5 Å². The lowest BCUT2D eigenvalue weighted by Crippen LogP contribution is -2.37. The number of hydrogen-bond acceptors (Lipinski definition) is 4. The van der Waals surface area contributed by atoms with Crippen LogP contribution in [0.2, 0.25) is 0 Å². The molecule has 0 heterocycles. The Bertz CT molecular complexity index is 656. The average molecular weight is 296 g/mol. The van der Waals surface area contributed by atoms with Gasteiger partial charge in [0.05, 0.1) is 11.3 Å². The van der Waals surface area contributed by atoms with E-state index in [9.17, 15) is 10.1 Å². The number of rotatable bonds is 4. The number of nitrogens with one attached hydrogen (secondary N) is 1. The first-order valence-corrected chi connectivity index (χ1v) is 7.02. The van der Waals surface area contributed by atoms with Gasteiger partial charge in [-0.3, -0.25) is 4.79 Å². The second kappa shape index (κ2) is 7.28. The van der Waals surface area contributed by atoms with E-state index in [-0.39, 0.29) is 11.1 Å². The predicted octanol–water partition coefficient (Wildman–Crippen LogP) is 3.02. The summed E-state index contributed by atoms with van der Waals surface area (Å²) >= 11 is 0. The molecule has 0 fully saturated rings. The molecule has 0 unspecified atom stereocenters. The number of hydrogen-bond donors (Lipinski definition) is 1. The lowest BCUT2D eigenvalue weighted by atomic mass is 10.1. The minimum Gasteiger partial charge on any atom is -0.372 e. The molecule has 22 heavy (non-hydrogen) atoms. The Labute approximate surface area is 131 Å². The molecule has 1 aromatic rings. The quantitative estimate of drug-likeness (QED) is 0.684. The molecule has 5 heteroatoms. The number of amides is 1. The molecule has 5 nitrogen and oxygen atoms in total. The fourth-order valence-electron chi connectivity index (χ4n) is 1.93. The van der Waals surface area contributed by atoms with Gasteiger partial charge in [-0.2, -0.15) is 10.5 Å². The highest BCUT2D eigenvalue weighted by molar-refractivity contribution is 6.07. The van der Waals surface area contributed by atoms with E-state index >= 15 is 0 Å². The van der Waals surface area contributed by atoms with Crippen LogP contribution >= 0.6 is 0 Å². The van der Waals surface area contributed by atoms with Crippen molar-refractivity contribution in [3.63, 3.8) is 0 Å². The molecule has 0 atom stereocenters. The van der Waals surface area contributed by atoms with Gasteiger partial charge in [0.25, 0.3) is 5.91 Å². The zero-order valence-corrected chi connectivity index (χ0v) is 13.3. The molecule has 1 amide bonds. The maximum Gasteiger partial charge on any atom is 0.267 e. The minimum atomic E-state index is -0.520. The number of nitriles is 2. The Balaban J connectivity index is 3.04. The van der Waals surface area contributed by atoms with Gasteiger partial charge in [-0.25, -0.2) is 0 Å². The van der Waals surface area contributed by atoms with Crippen molar-refractivity contribution in [1.82, 2.24) is 4.90 Å². The van der Waals surface area contributed by atoms with Crippen LogP contribution < -0.4 is 5.32 Å². The lowest BCUT2D eigenvalue weighted by molar-refractivity contribution is -0.112. The third-order valence-corrected chi connectivity index (χ3v) is 3.15. The fraction of sp³-hybridized carbons (Fsp3) is 0.353. The Morgan fingerprint density at radius 2 is 1.95 bits per heavy atom. The predicted molar refractivity (Wildman–Crippen MR) is 85.6 cm³/mol. The van der Waals surface area contributed by atoms with Gasteiger partial charge >= 0.3 is 0 Å². The molecule has 0 bridgehead atoms. The van der Waals surface area contributed by atoms with Gasteiger partial charge in [0, 0.05) is 18.3 Å². The van der Waals surface area contributed by atoms with Crippen LogP contribution in [-0.2, 0) is 4.79 Å². The maximum absolute atomic E-state index is 12.3. The Morgan fingerprint density at radius 3 is 2.45 bits per heavy atom. The molecule has 0 aliphatic carbocycles. The third-order valence-electron chi connectivity index (χ3n) is 3.15. The molecule has 0 aliphatic rings. The van der Waals surface area contributed by atoms with Crippen molar-refractivity contribution in [2.75, 3.05) is 11.9 Å². The van der Waals surface area contributed by atoms with Crippen LogP contribution in [0, 0.1) is 22.7 Å². The third kappa shape index (κ3) is 4.36. The first-order valence-electron chi connectivity index (χ1n) is 7.02. The summed E-state index contributed by atoms with van der Waals surface area (Å²) in [6.07, 6.45) is 1.56. The average Bonchev–Trinajstić information content (AvgIpc) is 2.47. The van der Waals surface area contributed by atoms with Crippen molar-refractivity contribution in [3.05, 3.63) is 41.6 Å². The summed E-state index contributed by atoms with van der Waals surface area (Å²) in [5.74, 6) is -0.520. The molecule has 1 aromatic carbocycles. The molecule has 0 aromatic heterocycles. The highest BCUT2D eigenvalue weighted by Gasteiger charge is 2.19. The Morgan fingerprint density at radius 1 is 1.32 bits per heavy atom. The van der Waals surface area contributed by atoms with E-state index in [1.165, 1.54) is 0 Å². The minimum absolute atomic E-state index is 0.00418. The molecule has 1 N–H and O–H groups in total. The normalized spacial score (nSPS) is 11.3. The molecular weight excluding hydrogens is 276 g/mol. The van der Waals surface area contributed by atoms with E-state index in [1.807, 2.05) is 44.7 Å². The SMILES string of the molecule is CCN(/C=C(/C#N)C(=O)Nc1ccccc1C#N)C(C)(C)C. The molecule has 114 valence electrons. The zero-order chi connectivity index (χ0) is 16.8. The molecule has 1 rings (SSSR count). The van der Waals surface area contributed by atoms with E-state index in [4.69, 9.17) is 5.26 Å². The summed E-state index contributed by atoms with van der Waals surface area (Å²) in [6, 6.07) is 10.6. The standard InChI is InChI=1S/C17H20N4O/c1-5-21(17(2,3)4)12-14(11-19)16(22)20-15-9-7-6-8-13(15)10-18/h6-9,12H,5H2,1-4H3,(H,20,22)/b14-12-. The largest absolute Gasteiger partial charge is 0.372 e. The molecular formula is C17H20N4O. The van der Waals surface area contributed by atoms with Crippen molar-refractivity contribution in [3.8, 4) is 12.1 Å². The monoisotopic (exact) mass is 296 g/mol. The summed E-state index contributed by atoms with van der Waals surface area (Å²) in [5.41, 5.74) is 0.567. The maximum atomic E-state index is 12.3. The zero-order valence-electron chi connectivity index (χ0n) is 13.3. The summed E-state index contributed by atoms with van der Waals surface area (Å²) < 4.78 is 0. The highest BCUT2D eigenvalue weighted by atomic mass is 16.1. The summed E-state index contributed by atoms with van der Waals surface area (Å²) in [7, 11) is 0. The van der Waals surface area contributed by atoms with Crippen molar-refractivity contribution in [2.24, 2.45) is 0 Å². The van der Waals surface area contributed by atoms with Crippen molar-refractivity contribution in [1.29, 1.82) is 10.5 Å². The van der Waals surface area contributed by atoms with Gasteiger partial charge < -0.3 is 10.2 Å². The van der Waals surface area contributed by atoms with Gasteiger partial charge in [0.15, 0.2) is 0 Å². The van der Waals surface area contributed by atoms with Crippen LogP contribution in [-0.4, -0.2) is 22.9 Å². The molecule has 0 spiro atoms. The number of carbonyl (C=O) groups excluding carboxylic acids is 1. The topological polar surface area (TPSA) is 79.9 Å². The van der Waals surface area contributed by atoms with E-state index < -0.39 is 5.91 Å². The smallest absolute Gasteiger partial charge is 0.267 e. The van der Waals surface area contributed by atoms with Crippen LogP contribution in [0.4, 0.5) is 5.69 Å². The second-order valence-corrected chi connectivity index (χ2v) is 5.72. The first-order chi connectivity index (χ1) is 10.3. The number of nitrogens with zero attached hydrogens (tertiary/aromatic N) is 3. The van der Waals surface area contributed by atoms with Gasteiger partial charge in [-0.05, 0) is 39.8 Å². The number of anilines is 1. The molecule has 0 aliphatic heterocycles. The lowest BCUT2D eigenvalue weighted by Gasteiger charge is -2.33. The van der Waals surface area contributed by atoms with E-state index in [0.29, 0.717) is 17.8 Å². The molecule has 0 saturated heterocycles. The first kappa shape index (κ1) is 17.3. The van der Waals surface area contributed by atoms with Crippen LogP contribution in [0.5, 0.6) is 0 Å². The van der Waals surface area contributed by atoms with Crippen LogP contribution in [0.25, 0.3) is 0 Å². The fourth-order valence-corrected chi connectivity index (χ4v) is 1.93. The highest BCUT2D eigenvalue weighted by Crippen LogP contribution is 2.17. The van der Waals surface area contributed by atoms with Crippen LogP contribution in [0.1, 0.15) is 33.3 Å². The van der Waals surface area contributed by atoms with Gasteiger partial charge in [-0.15, -0.1) is 0 Å². The number of benzene rings is 1. The van der Waals surface area contributed by atoms with Crippen molar-refractivity contribution < 1.29 is 4.79 Å². The summed E-state index contributed by atoms with van der Waals surface area (Å²) in [6.45, 7) is 8.65. The molecule has 0 saturated carbocycles. The number of carbonyl (C=O) groups is 1. The van der Waals surface area contributed by atoms with Gasteiger partial charge in [0.2, 0.25) is 0 Å². The van der Waals surface area contributed by atoms with Crippen LogP contribution in [0.3, 0.4) is 0 Å².